The van der Waals surface area contributed by atoms with Gasteiger partial charge in [-0.2, -0.15) is 15.3 Å². The zero-order chi connectivity index (χ0) is 19.6. The largest absolute Gasteiger partial charge is 0.493 e. The lowest BCUT2D eigenvalue weighted by atomic mass is 10.2. The number of nitrogens with zero attached hydrogens (tertiary/aromatic N) is 3. The van der Waals surface area contributed by atoms with Gasteiger partial charge >= 0.3 is 0 Å². The first-order valence-electron chi connectivity index (χ1n) is 8.75. The van der Waals surface area contributed by atoms with Gasteiger partial charge in [-0.1, -0.05) is 26.3 Å². The number of oxazole rings is 1. The van der Waals surface area contributed by atoms with E-state index in [-0.39, 0.29) is 11.6 Å². The summed E-state index contributed by atoms with van der Waals surface area (Å²) >= 11 is 0. The SMILES string of the molecule is C=C(C)c1nc(C#N)c(N/N=C\c2ccc(OCCCCC)c(OC)c2)o1. The molecule has 7 nitrogen and oxygen atoms in total. The summed E-state index contributed by atoms with van der Waals surface area (Å²) in [5.41, 5.74) is 4.25. The zero-order valence-electron chi connectivity index (χ0n) is 15.9. The second kappa shape index (κ2) is 10.0. The van der Waals surface area contributed by atoms with Crippen molar-refractivity contribution in [1.82, 2.24) is 4.98 Å². The molecule has 0 saturated carbocycles. The van der Waals surface area contributed by atoms with Gasteiger partial charge in [-0.05, 0) is 37.1 Å². The standard InChI is InChI=1S/C20H24N4O3/c1-5-6-7-10-26-17-9-8-15(11-18(17)25-4)13-22-24-20-16(12-21)23-19(27-20)14(2)3/h8-9,11,13,24H,2,5-7,10H2,1,3-4H3/b22-13-. The molecule has 0 fully saturated rings. The topological polar surface area (TPSA) is 92.7 Å². The van der Waals surface area contributed by atoms with Crippen molar-refractivity contribution in [3.8, 4) is 17.6 Å². The Balaban J connectivity index is 2.04. The molecule has 0 aliphatic rings. The first-order chi connectivity index (χ1) is 13.1. The number of nitrogens with one attached hydrogen (secondary N) is 1. The maximum atomic E-state index is 9.11. The van der Waals surface area contributed by atoms with Crippen molar-refractivity contribution in [2.75, 3.05) is 19.1 Å². The van der Waals surface area contributed by atoms with Crippen LogP contribution in [0.25, 0.3) is 5.57 Å². The Morgan fingerprint density at radius 3 is 2.89 bits per heavy atom. The van der Waals surface area contributed by atoms with E-state index in [1.807, 2.05) is 24.3 Å². The van der Waals surface area contributed by atoms with Crippen molar-refractivity contribution in [3.05, 3.63) is 41.9 Å². The molecule has 0 bridgehead atoms. The van der Waals surface area contributed by atoms with E-state index in [0.29, 0.717) is 29.6 Å². The van der Waals surface area contributed by atoms with Gasteiger partial charge < -0.3 is 13.9 Å². The number of hydrogen-bond donors (Lipinski definition) is 1. The average Bonchev–Trinajstić information content (AvgIpc) is 3.09. The van der Waals surface area contributed by atoms with Crippen molar-refractivity contribution in [2.24, 2.45) is 5.10 Å². The maximum absolute atomic E-state index is 9.11. The molecule has 7 heteroatoms. The highest BCUT2D eigenvalue weighted by molar-refractivity contribution is 5.81. The molecule has 0 aliphatic carbocycles. The molecule has 0 amide bonds. The van der Waals surface area contributed by atoms with Gasteiger partial charge in [0.1, 0.15) is 6.07 Å². The van der Waals surface area contributed by atoms with Crippen molar-refractivity contribution >= 4 is 17.7 Å². The van der Waals surface area contributed by atoms with Crippen LogP contribution in [0.1, 0.15) is 50.3 Å². The minimum atomic E-state index is 0.124. The lowest BCUT2D eigenvalue weighted by molar-refractivity contribution is 0.286. The van der Waals surface area contributed by atoms with E-state index in [1.54, 1.807) is 20.2 Å². The van der Waals surface area contributed by atoms with E-state index < -0.39 is 0 Å². The van der Waals surface area contributed by atoms with Crippen LogP contribution < -0.4 is 14.9 Å². The number of allylic oxidation sites excluding steroid dienone is 1. The first-order valence-corrected chi connectivity index (χ1v) is 8.75. The number of benzene rings is 1. The van der Waals surface area contributed by atoms with E-state index in [1.165, 1.54) is 0 Å². The molecule has 1 heterocycles. The summed E-state index contributed by atoms with van der Waals surface area (Å²) in [7, 11) is 1.60. The van der Waals surface area contributed by atoms with E-state index in [4.69, 9.17) is 19.2 Å². The summed E-state index contributed by atoms with van der Waals surface area (Å²) < 4.78 is 16.6. The number of nitriles is 1. The monoisotopic (exact) mass is 368 g/mol. The Kier molecular flexibility index (Phi) is 7.44. The predicted octanol–water partition coefficient (Wildman–Crippen LogP) is 4.60. The summed E-state index contributed by atoms with van der Waals surface area (Å²) in [5.74, 6) is 1.81. The highest BCUT2D eigenvalue weighted by atomic mass is 16.5. The van der Waals surface area contributed by atoms with Gasteiger partial charge in [-0.25, -0.2) is 5.43 Å². The summed E-state index contributed by atoms with van der Waals surface area (Å²) in [6.45, 7) is 8.30. The first kappa shape index (κ1) is 20.0. The molecule has 142 valence electrons. The fraction of sp³-hybridized carbons (Fsp3) is 0.350. The number of ether oxygens (including phenoxy) is 2. The second-order valence-corrected chi connectivity index (χ2v) is 5.92. The third-order valence-electron chi connectivity index (χ3n) is 3.67. The van der Waals surface area contributed by atoms with Crippen LogP contribution in [-0.2, 0) is 0 Å². The molecular weight excluding hydrogens is 344 g/mol. The van der Waals surface area contributed by atoms with Gasteiger partial charge in [0.25, 0.3) is 5.88 Å². The summed E-state index contributed by atoms with van der Waals surface area (Å²) in [6, 6.07) is 7.50. The van der Waals surface area contributed by atoms with Crippen LogP contribution in [0, 0.1) is 11.3 Å². The van der Waals surface area contributed by atoms with Crippen LogP contribution in [0.2, 0.25) is 0 Å². The normalized spacial score (nSPS) is 10.6. The second-order valence-electron chi connectivity index (χ2n) is 5.92. The summed E-state index contributed by atoms with van der Waals surface area (Å²) in [5, 5.41) is 13.2. The van der Waals surface area contributed by atoms with Crippen LogP contribution in [0.4, 0.5) is 5.88 Å². The fourth-order valence-electron chi connectivity index (χ4n) is 2.24. The Hall–Kier alpha value is -3.27. The molecule has 0 saturated heterocycles. The fourth-order valence-corrected chi connectivity index (χ4v) is 2.24. The number of methoxy groups -OCH3 is 1. The van der Waals surface area contributed by atoms with Crippen molar-refractivity contribution in [3.63, 3.8) is 0 Å². The number of anilines is 1. The Morgan fingerprint density at radius 1 is 1.41 bits per heavy atom. The molecule has 2 rings (SSSR count). The number of unbranched alkanes of at least 4 members (excludes halogenated alkanes) is 2. The lowest BCUT2D eigenvalue weighted by Crippen LogP contribution is -2.00. The van der Waals surface area contributed by atoms with Gasteiger partial charge in [-0.3, -0.25) is 0 Å². The third kappa shape index (κ3) is 5.61. The molecule has 0 spiro atoms. The van der Waals surface area contributed by atoms with Crippen LogP contribution in [0.5, 0.6) is 11.5 Å². The quantitative estimate of drug-likeness (QED) is 0.374. The molecular formula is C20H24N4O3. The van der Waals surface area contributed by atoms with Crippen LogP contribution >= 0.6 is 0 Å². The molecule has 0 unspecified atom stereocenters. The number of aromatic nitrogens is 1. The third-order valence-corrected chi connectivity index (χ3v) is 3.67. The molecule has 0 radical (unpaired) electrons. The van der Waals surface area contributed by atoms with Crippen LogP contribution in [-0.4, -0.2) is 24.9 Å². The van der Waals surface area contributed by atoms with E-state index >= 15 is 0 Å². The summed E-state index contributed by atoms with van der Waals surface area (Å²) in [6.07, 6.45) is 4.89. The molecule has 0 atom stereocenters. The van der Waals surface area contributed by atoms with E-state index in [0.717, 1.165) is 24.8 Å². The molecule has 2 aromatic rings. The van der Waals surface area contributed by atoms with Gasteiger partial charge in [0.15, 0.2) is 11.5 Å². The number of rotatable bonds is 10. The van der Waals surface area contributed by atoms with Crippen molar-refractivity contribution in [2.45, 2.75) is 33.1 Å². The van der Waals surface area contributed by atoms with Crippen molar-refractivity contribution < 1.29 is 13.9 Å². The minimum absolute atomic E-state index is 0.124. The molecule has 1 aromatic heterocycles. The molecule has 27 heavy (non-hydrogen) atoms. The summed E-state index contributed by atoms with van der Waals surface area (Å²) in [4.78, 5) is 4.03. The van der Waals surface area contributed by atoms with Gasteiger partial charge in [-0.15, -0.1) is 0 Å². The Morgan fingerprint density at radius 2 is 2.22 bits per heavy atom. The van der Waals surface area contributed by atoms with Crippen LogP contribution in [0.15, 0.2) is 34.3 Å². The smallest absolute Gasteiger partial charge is 0.252 e. The lowest BCUT2D eigenvalue weighted by Gasteiger charge is -2.11. The van der Waals surface area contributed by atoms with Gasteiger partial charge in [0, 0.05) is 5.57 Å². The van der Waals surface area contributed by atoms with Crippen LogP contribution in [0.3, 0.4) is 0 Å². The predicted molar refractivity (Wildman–Crippen MR) is 105 cm³/mol. The highest BCUT2D eigenvalue weighted by Gasteiger charge is 2.12. The highest BCUT2D eigenvalue weighted by Crippen LogP contribution is 2.28. The Labute approximate surface area is 159 Å². The molecule has 1 aromatic carbocycles. The van der Waals surface area contributed by atoms with Gasteiger partial charge in [0.05, 0.1) is 19.9 Å². The zero-order valence-corrected chi connectivity index (χ0v) is 15.9. The average molecular weight is 368 g/mol. The van der Waals surface area contributed by atoms with E-state index in [9.17, 15) is 0 Å². The minimum Gasteiger partial charge on any atom is -0.493 e. The van der Waals surface area contributed by atoms with E-state index in [2.05, 4.69) is 29.0 Å². The Bertz CT molecular complexity index is 849. The van der Waals surface area contributed by atoms with Crippen molar-refractivity contribution in [1.29, 1.82) is 5.26 Å². The molecule has 1 N–H and O–H groups in total. The number of hydrogen-bond acceptors (Lipinski definition) is 7. The number of hydrazone groups is 1. The maximum Gasteiger partial charge on any atom is 0.252 e. The molecule has 0 aliphatic heterocycles. The van der Waals surface area contributed by atoms with Gasteiger partial charge in [0.2, 0.25) is 11.6 Å².